The van der Waals surface area contributed by atoms with Crippen molar-refractivity contribution in [3.8, 4) is 17.5 Å². The van der Waals surface area contributed by atoms with Gasteiger partial charge in [-0.25, -0.2) is 9.97 Å². The standard InChI is InChI=1S/C19H15N3O3/c23-18(17-11-13-5-1-2-8-16(13)25-17)22-14-6-3-7-15(12-14)24-19-20-9-4-10-21-19/h1-10,12,17H,11H2,(H,22,23)/t17-/m0/s1. The first-order valence-corrected chi connectivity index (χ1v) is 7.88. The zero-order valence-electron chi connectivity index (χ0n) is 13.3. The van der Waals surface area contributed by atoms with E-state index in [2.05, 4.69) is 15.3 Å². The number of para-hydroxylation sites is 1. The number of aromatic nitrogens is 2. The molecule has 0 bridgehead atoms. The molecule has 0 unspecified atom stereocenters. The van der Waals surface area contributed by atoms with Gasteiger partial charge in [0, 0.05) is 30.6 Å². The van der Waals surface area contributed by atoms with Crippen LogP contribution < -0.4 is 14.8 Å². The van der Waals surface area contributed by atoms with Gasteiger partial charge in [0.2, 0.25) is 0 Å². The average molecular weight is 333 g/mol. The first kappa shape index (κ1) is 15.1. The van der Waals surface area contributed by atoms with Crippen LogP contribution in [0.25, 0.3) is 0 Å². The van der Waals surface area contributed by atoms with Crippen LogP contribution in [0.3, 0.4) is 0 Å². The van der Waals surface area contributed by atoms with Crippen LogP contribution >= 0.6 is 0 Å². The molecule has 4 rings (SSSR count). The molecule has 0 aliphatic carbocycles. The number of fused-ring (bicyclic) bond motifs is 1. The number of hydrogen-bond acceptors (Lipinski definition) is 5. The Hall–Kier alpha value is -3.41. The number of ether oxygens (including phenoxy) is 2. The third-order valence-corrected chi connectivity index (χ3v) is 3.79. The smallest absolute Gasteiger partial charge is 0.321 e. The van der Waals surface area contributed by atoms with E-state index in [0.717, 1.165) is 11.3 Å². The Morgan fingerprint density at radius 3 is 2.76 bits per heavy atom. The van der Waals surface area contributed by atoms with E-state index in [4.69, 9.17) is 9.47 Å². The molecule has 1 aromatic heterocycles. The van der Waals surface area contributed by atoms with Crippen molar-refractivity contribution in [3.63, 3.8) is 0 Å². The third-order valence-electron chi connectivity index (χ3n) is 3.79. The fraction of sp³-hybridized carbons (Fsp3) is 0.105. The Labute approximate surface area is 144 Å². The van der Waals surface area contributed by atoms with Crippen molar-refractivity contribution < 1.29 is 14.3 Å². The van der Waals surface area contributed by atoms with E-state index in [1.807, 2.05) is 24.3 Å². The SMILES string of the molecule is O=C(Nc1cccc(Oc2ncccn2)c1)[C@@H]1Cc2ccccc2O1. The summed E-state index contributed by atoms with van der Waals surface area (Å²) >= 11 is 0. The van der Waals surface area contributed by atoms with Gasteiger partial charge in [0.1, 0.15) is 11.5 Å². The molecule has 1 N–H and O–H groups in total. The summed E-state index contributed by atoms with van der Waals surface area (Å²) in [6, 6.07) is 16.7. The normalized spacial score (nSPS) is 15.1. The number of nitrogens with zero attached hydrogens (tertiary/aromatic N) is 2. The molecule has 1 aliphatic heterocycles. The molecule has 0 spiro atoms. The maximum atomic E-state index is 12.5. The van der Waals surface area contributed by atoms with Crippen LogP contribution in [0.4, 0.5) is 5.69 Å². The Bertz CT molecular complexity index is 874. The van der Waals surface area contributed by atoms with Crippen molar-refractivity contribution in [1.82, 2.24) is 9.97 Å². The number of benzene rings is 2. The summed E-state index contributed by atoms with van der Waals surface area (Å²) in [4.78, 5) is 20.5. The second-order valence-electron chi connectivity index (χ2n) is 5.57. The van der Waals surface area contributed by atoms with Crippen molar-refractivity contribution in [3.05, 3.63) is 72.6 Å². The molecule has 0 saturated heterocycles. The van der Waals surface area contributed by atoms with E-state index in [1.165, 1.54) is 0 Å². The lowest BCUT2D eigenvalue weighted by Gasteiger charge is -2.12. The molecule has 1 aliphatic rings. The Balaban J connectivity index is 1.43. The lowest BCUT2D eigenvalue weighted by Crippen LogP contribution is -2.31. The second-order valence-corrected chi connectivity index (χ2v) is 5.57. The van der Waals surface area contributed by atoms with E-state index in [1.54, 1.807) is 42.7 Å². The quantitative estimate of drug-likeness (QED) is 0.793. The first-order chi connectivity index (χ1) is 12.3. The number of anilines is 1. The lowest BCUT2D eigenvalue weighted by molar-refractivity contribution is -0.122. The van der Waals surface area contributed by atoms with Crippen LogP contribution in [0.15, 0.2) is 67.0 Å². The van der Waals surface area contributed by atoms with Crippen LogP contribution in [0, 0.1) is 0 Å². The van der Waals surface area contributed by atoms with Gasteiger partial charge >= 0.3 is 6.01 Å². The first-order valence-electron chi connectivity index (χ1n) is 7.88. The van der Waals surface area contributed by atoms with Gasteiger partial charge < -0.3 is 14.8 Å². The molecular weight excluding hydrogens is 318 g/mol. The fourth-order valence-corrected chi connectivity index (χ4v) is 2.63. The van der Waals surface area contributed by atoms with E-state index in [0.29, 0.717) is 17.9 Å². The number of carbonyl (C=O) groups excluding carboxylic acids is 1. The van der Waals surface area contributed by atoms with Gasteiger partial charge in [-0.3, -0.25) is 4.79 Å². The van der Waals surface area contributed by atoms with Gasteiger partial charge in [-0.1, -0.05) is 24.3 Å². The van der Waals surface area contributed by atoms with E-state index >= 15 is 0 Å². The summed E-state index contributed by atoms with van der Waals surface area (Å²) in [6.07, 6.45) is 3.24. The maximum absolute atomic E-state index is 12.5. The van der Waals surface area contributed by atoms with Gasteiger partial charge in [0.15, 0.2) is 6.10 Å². The highest BCUT2D eigenvalue weighted by Crippen LogP contribution is 2.29. The molecular formula is C19H15N3O3. The largest absolute Gasteiger partial charge is 0.480 e. The van der Waals surface area contributed by atoms with Gasteiger partial charge in [-0.2, -0.15) is 0 Å². The molecule has 0 radical (unpaired) electrons. The minimum Gasteiger partial charge on any atom is -0.480 e. The number of carbonyl (C=O) groups is 1. The van der Waals surface area contributed by atoms with Crippen molar-refractivity contribution in [2.45, 2.75) is 12.5 Å². The molecule has 2 heterocycles. The van der Waals surface area contributed by atoms with E-state index in [9.17, 15) is 4.79 Å². The van der Waals surface area contributed by atoms with Crippen LogP contribution in [-0.2, 0) is 11.2 Å². The minimum atomic E-state index is -0.528. The maximum Gasteiger partial charge on any atom is 0.321 e. The molecule has 0 fully saturated rings. The van der Waals surface area contributed by atoms with Crippen molar-refractivity contribution in [1.29, 1.82) is 0 Å². The predicted molar refractivity (Wildman–Crippen MR) is 91.7 cm³/mol. The molecule has 6 nitrogen and oxygen atoms in total. The fourth-order valence-electron chi connectivity index (χ4n) is 2.63. The lowest BCUT2D eigenvalue weighted by atomic mass is 10.1. The highest BCUT2D eigenvalue weighted by Gasteiger charge is 2.28. The minimum absolute atomic E-state index is 0.190. The van der Waals surface area contributed by atoms with Gasteiger partial charge in [0.05, 0.1) is 0 Å². The summed E-state index contributed by atoms with van der Waals surface area (Å²) < 4.78 is 11.3. The number of amides is 1. The molecule has 124 valence electrons. The van der Waals surface area contributed by atoms with Crippen LogP contribution in [-0.4, -0.2) is 22.0 Å². The Kier molecular flexibility index (Phi) is 4.00. The van der Waals surface area contributed by atoms with Crippen molar-refractivity contribution in [2.75, 3.05) is 5.32 Å². The van der Waals surface area contributed by atoms with Crippen LogP contribution in [0.1, 0.15) is 5.56 Å². The number of nitrogens with one attached hydrogen (secondary N) is 1. The van der Waals surface area contributed by atoms with Gasteiger partial charge in [-0.05, 0) is 29.8 Å². The summed E-state index contributed by atoms with van der Waals surface area (Å²) in [5.74, 6) is 1.12. The summed E-state index contributed by atoms with van der Waals surface area (Å²) in [7, 11) is 0. The average Bonchev–Trinajstić information content (AvgIpc) is 3.07. The number of rotatable bonds is 4. The molecule has 1 amide bonds. The molecule has 2 aromatic carbocycles. The number of hydrogen-bond donors (Lipinski definition) is 1. The second kappa shape index (κ2) is 6.60. The van der Waals surface area contributed by atoms with Gasteiger partial charge in [-0.15, -0.1) is 0 Å². The summed E-state index contributed by atoms with van der Waals surface area (Å²) in [6.45, 7) is 0. The topological polar surface area (TPSA) is 73.3 Å². The van der Waals surface area contributed by atoms with Gasteiger partial charge in [0.25, 0.3) is 5.91 Å². The van der Waals surface area contributed by atoms with E-state index < -0.39 is 6.10 Å². The molecule has 6 heteroatoms. The summed E-state index contributed by atoms with van der Waals surface area (Å²) in [5, 5.41) is 2.86. The molecule has 1 atom stereocenters. The predicted octanol–water partition coefficient (Wildman–Crippen LogP) is 3.21. The highest BCUT2D eigenvalue weighted by molar-refractivity contribution is 5.95. The van der Waals surface area contributed by atoms with Crippen LogP contribution in [0.2, 0.25) is 0 Å². The Morgan fingerprint density at radius 1 is 1.08 bits per heavy atom. The third kappa shape index (κ3) is 3.42. The monoisotopic (exact) mass is 333 g/mol. The van der Waals surface area contributed by atoms with E-state index in [-0.39, 0.29) is 11.9 Å². The zero-order valence-corrected chi connectivity index (χ0v) is 13.3. The Morgan fingerprint density at radius 2 is 1.92 bits per heavy atom. The summed E-state index contributed by atoms with van der Waals surface area (Å²) in [5.41, 5.74) is 1.67. The molecule has 3 aromatic rings. The van der Waals surface area contributed by atoms with Crippen LogP contribution in [0.5, 0.6) is 17.5 Å². The molecule has 25 heavy (non-hydrogen) atoms. The highest BCUT2D eigenvalue weighted by atomic mass is 16.5. The molecule has 0 saturated carbocycles. The van der Waals surface area contributed by atoms with Crippen molar-refractivity contribution >= 4 is 11.6 Å². The zero-order chi connectivity index (χ0) is 17.1. The van der Waals surface area contributed by atoms with Crippen molar-refractivity contribution in [2.24, 2.45) is 0 Å².